The number of hydrogen-bond donors (Lipinski definition) is 2. The third-order valence-corrected chi connectivity index (χ3v) is 4.01. The molecule has 0 saturated carbocycles. The quantitative estimate of drug-likeness (QED) is 0.801. The Bertz CT molecular complexity index is 402. The predicted octanol–water partition coefficient (Wildman–Crippen LogP) is 1.80. The highest BCUT2D eigenvalue weighted by Crippen LogP contribution is 2.42. The summed E-state index contributed by atoms with van der Waals surface area (Å²) in [6.45, 7) is 8.11. The van der Waals surface area contributed by atoms with Gasteiger partial charge in [-0.15, -0.1) is 0 Å². The molecule has 0 saturated heterocycles. The van der Waals surface area contributed by atoms with Crippen LogP contribution in [0.5, 0.6) is 0 Å². The summed E-state index contributed by atoms with van der Waals surface area (Å²) < 4.78 is 0. The van der Waals surface area contributed by atoms with Gasteiger partial charge in [0.2, 0.25) is 0 Å². The van der Waals surface area contributed by atoms with Crippen LogP contribution >= 0.6 is 0 Å². The zero-order valence-electron chi connectivity index (χ0n) is 11.4. The molecule has 0 spiro atoms. The molecule has 0 amide bonds. The lowest BCUT2D eigenvalue weighted by Gasteiger charge is -2.44. The van der Waals surface area contributed by atoms with Crippen molar-refractivity contribution in [3.63, 3.8) is 0 Å². The minimum absolute atomic E-state index is 0.246. The van der Waals surface area contributed by atoms with Crippen LogP contribution in [-0.4, -0.2) is 40.1 Å². The second kappa shape index (κ2) is 5.00. The van der Waals surface area contributed by atoms with Crippen molar-refractivity contribution in [2.45, 2.75) is 34.1 Å². The molecule has 0 aromatic heterocycles. The fraction of sp³-hybridized carbons (Fsp3) is 0.692. The molecule has 2 unspecified atom stereocenters. The van der Waals surface area contributed by atoms with Crippen molar-refractivity contribution in [2.75, 3.05) is 13.1 Å². The molecule has 2 atom stereocenters. The second-order valence-corrected chi connectivity index (χ2v) is 5.00. The highest BCUT2D eigenvalue weighted by molar-refractivity contribution is 5.90. The van der Waals surface area contributed by atoms with E-state index in [1.165, 1.54) is 0 Å². The summed E-state index contributed by atoms with van der Waals surface area (Å²) in [4.78, 5) is 24.8. The zero-order chi connectivity index (χ0) is 14.1. The fourth-order valence-corrected chi connectivity index (χ4v) is 2.89. The fourth-order valence-electron chi connectivity index (χ4n) is 2.89. The van der Waals surface area contributed by atoms with Crippen LogP contribution < -0.4 is 0 Å². The van der Waals surface area contributed by atoms with Gasteiger partial charge in [-0.1, -0.05) is 6.92 Å². The Morgan fingerprint density at radius 2 is 1.94 bits per heavy atom. The first-order valence-electron chi connectivity index (χ1n) is 6.21. The van der Waals surface area contributed by atoms with E-state index < -0.39 is 23.3 Å². The van der Waals surface area contributed by atoms with Crippen LogP contribution in [0.4, 0.5) is 0 Å². The maximum Gasteiger partial charge on any atom is 0.333 e. The zero-order valence-corrected chi connectivity index (χ0v) is 11.4. The Hall–Kier alpha value is -1.52. The number of carboxylic acid groups (broad SMARTS) is 2. The van der Waals surface area contributed by atoms with E-state index in [2.05, 4.69) is 0 Å². The monoisotopic (exact) mass is 255 g/mol. The minimum Gasteiger partial charge on any atom is -0.481 e. The molecule has 0 bridgehead atoms. The van der Waals surface area contributed by atoms with E-state index in [1.54, 1.807) is 13.8 Å². The highest BCUT2D eigenvalue weighted by atomic mass is 16.4. The van der Waals surface area contributed by atoms with E-state index in [0.717, 1.165) is 0 Å². The molecule has 1 aliphatic rings. The van der Waals surface area contributed by atoms with E-state index in [1.807, 2.05) is 18.7 Å². The molecule has 0 radical (unpaired) electrons. The summed E-state index contributed by atoms with van der Waals surface area (Å²) in [6, 6.07) is 0. The highest BCUT2D eigenvalue weighted by Gasteiger charge is 2.49. The van der Waals surface area contributed by atoms with Gasteiger partial charge in [0.1, 0.15) is 0 Å². The Kier molecular flexibility index (Phi) is 4.04. The van der Waals surface area contributed by atoms with E-state index in [9.17, 15) is 19.8 Å². The normalized spacial score (nSPS) is 28.4. The van der Waals surface area contributed by atoms with Gasteiger partial charge in [0.25, 0.3) is 0 Å². The smallest absolute Gasteiger partial charge is 0.333 e. The minimum atomic E-state index is -1.04. The van der Waals surface area contributed by atoms with Crippen LogP contribution in [0.1, 0.15) is 34.1 Å². The first kappa shape index (κ1) is 14.5. The van der Waals surface area contributed by atoms with E-state index in [0.29, 0.717) is 25.2 Å². The van der Waals surface area contributed by atoms with Crippen molar-refractivity contribution in [1.82, 2.24) is 4.90 Å². The molecular formula is C13H21NO4. The number of hydrogen-bond acceptors (Lipinski definition) is 3. The molecule has 1 aliphatic heterocycles. The molecular weight excluding hydrogens is 234 g/mol. The molecule has 0 aromatic rings. The van der Waals surface area contributed by atoms with Gasteiger partial charge in [-0.2, -0.15) is 0 Å². The van der Waals surface area contributed by atoms with Crippen LogP contribution in [0.25, 0.3) is 0 Å². The number of rotatable bonds is 4. The standard InChI is InChI=1S/C13H21NO4/c1-5-9-10(11(15)16)8(3)14(6-2)7-13(9,4)12(17)18/h9H,5-7H2,1-4H3,(H,15,16)(H,17,18). The van der Waals surface area contributed by atoms with Crippen molar-refractivity contribution >= 4 is 11.9 Å². The molecule has 5 heteroatoms. The second-order valence-electron chi connectivity index (χ2n) is 5.00. The Morgan fingerprint density at radius 3 is 2.28 bits per heavy atom. The first-order chi connectivity index (χ1) is 8.29. The van der Waals surface area contributed by atoms with Crippen molar-refractivity contribution in [2.24, 2.45) is 11.3 Å². The summed E-state index contributed by atoms with van der Waals surface area (Å²) in [6.07, 6.45) is 0.513. The predicted molar refractivity (Wildman–Crippen MR) is 67.1 cm³/mol. The van der Waals surface area contributed by atoms with Crippen LogP contribution in [0.2, 0.25) is 0 Å². The van der Waals surface area contributed by atoms with Gasteiger partial charge < -0.3 is 15.1 Å². The lowest BCUT2D eigenvalue weighted by Crippen LogP contribution is -2.51. The molecule has 0 aromatic carbocycles. The summed E-state index contributed by atoms with van der Waals surface area (Å²) in [5.74, 6) is -2.39. The average molecular weight is 255 g/mol. The van der Waals surface area contributed by atoms with Crippen molar-refractivity contribution in [3.8, 4) is 0 Å². The van der Waals surface area contributed by atoms with E-state index in [4.69, 9.17) is 0 Å². The molecule has 2 N–H and O–H groups in total. The molecule has 1 rings (SSSR count). The average Bonchev–Trinajstić information content (AvgIpc) is 2.30. The van der Waals surface area contributed by atoms with Crippen molar-refractivity contribution in [3.05, 3.63) is 11.3 Å². The van der Waals surface area contributed by atoms with Crippen molar-refractivity contribution in [1.29, 1.82) is 0 Å². The molecule has 102 valence electrons. The maximum atomic E-state index is 11.5. The number of aliphatic carboxylic acids is 2. The van der Waals surface area contributed by atoms with Crippen molar-refractivity contribution < 1.29 is 19.8 Å². The van der Waals surface area contributed by atoms with Gasteiger partial charge in [-0.25, -0.2) is 4.79 Å². The molecule has 5 nitrogen and oxygen atoms in total. The van der Waals surface area contributed by atoms with E-state index in [-0.39, 0.29) is 5.57 Å². The van der Waals surface area contributed by atoms with Crippen LogP contribution in [0.3, 0.4) is 0 Å². The number of nitrogens with zero attached hydrogens (tertiary/aromatic N) is 1. The Balaban J connectivity index is 3.41. The SMILES string of the molecule is CCC1C(C(=O)O)=C(C)N(CC)CC1(C)C(=O)O. The Morgan fingerprint density at radius 1 is 1.39 bits per heavy atom. The lowest BCUT2D eigenvalue weighted by molar-refractivity contribution is -0.153. The van der Waals surface area contributed by atoms with Crippen LogP contribution in [0, 0.1) is 11.3 Å². The summed E-state index contributed by atoms with van der Waals surface area (Å²) >= 11 is 0. The summed E-state index contributed by atoms with van der Waals surface area (Å²) in [5, 5.41) is 18.8. The van der Waals surface area contributed by atoms with Gasteiger partial charge in [0, 0.05) is 24.7 Å². The number of carboxylic acids is 2. The Labute approximate surface area is 107 Å². The molecule has 1 heterocycles. The van der Waals surface area contributed by atoms with Gasteiger partial charge >= 0.3 is 11.9 Å². The largest absolute Gasteiger partial charge is 0.481 e. The first-order valence-corrected chi connectivity index (χ1v) is 6.21. The van der Waals surface area contributed by atoms with Crippen LogP contribution in [-0.2, 0) is 9.59 Å². The maximum absolute atomic E-state index is 11.5. The summed E-state index contributed by atoms with van der Waals surface area (Å²) in [5.41, 5.74) is -0.107. The van der Waals surface area contributed by atoms with Gasteiger partial charge in [0.15, 0.2) is 0 Å². The number of allylic oxidation sites excluding steroid dienone is 1. The third kappa shape index (κ3) is 2.09. The molecule has 18 heavy (non-hydrogen) atoms. The molecule has 0 aliphatic carbocycles. The van der Waals surface area contributed by atoms with Gasteiger partial charge in [-0.3, -0.25) is 4.79 Å². The topological polar surface area (TPSA) is 77.8 Å². The van der Waals surface area contributed by atoms with Crippen LogP contribution in [0.15, 0.2) is 11.3 Å². The lowest BCUT2D eigenvalue weighted by atomic mass is 9.68. The van der Waals surface area contributed by atoms with Gasteiger partial charge in [0.05, 0.1) is 11.0 Å². The summed E-state index contributed by atoms with van der Waals surface area (Å²) in [7, 11) is 0. The third-order valence-electron chi connectivity index (χ3n) is 4.01. The van der Waals surface area contributed by atoms with Gasteiger partial charge in [-0.05, 0) is 27.2 Å². The number of carbonyl (C=O) groups is 2. The molecule has 0 fully saturated rings. The van der Waals surface area contributed by atoms with E-state index >= 15 is 0 Å².